The molecule has 418 valence electrons. The normalized spacial score (nSPS) is 22.8. The van der Waals surface area contributed by atoms with Crippen molar-refractivity contribution >= 4 is 78.1 Å². The molecule has 6 aliphatic rings. The Balaban J connectivity index is 0.768. The van der Waals surface area contributed by atoms with Crippen molar-refractivity contribution in [1.82, 2.24) is 64.5 Å². The molecule has 20 nitrogen and oxygen atoms in total. The number of halogens is 1. The lowest BCUT2D eigenvalue weighted by atomic mass is 9.85. The molecule has 5 atom stereocenters. The fourth-order valence-electron chi connectivity index (χ4n) is 14.3. The van der Waals surface area contributed by atoms with E-state index in [1.165, 1.54) is 4.88 Å². The molecular formula is C59H67FN18O2S. The lowest BCUT2D eigenvalue weighted by Crippen LogP contribution is -2.51. The van der Waals surface area contributed by atoms with Crippen LogP contribution in [0.3, 0.4) is 0 Å². The van der Waals surface area contributed by atoms with E-state index in [0.717, 1.165) is 127 Å². The maximum Gasteiger partial charge on any atom is 0.247 e. The molecule has 5 N–H and O–H groups in total. The second kappa shape index (κ2) is 20.5. The number of piperazine rings is 2. The Kier molecular flexibility index (Phi) is 13.1. The number of hydrogen-bond acceptors (Lipinski definition) is 19. The van der Waals surface area contributed by atoms with E-state index >= 15 is 4.39 Å². The Morgan fingerprint density at radius 1 is 0.901 bits per heavy atom. The predicted molar refractivity (Wildman–Crippen MR) is 313 cm³/mol. The summed E-state index contributed by atoms with van der Waals surface area (Å²) in [6.45, 7) is 8.39. The molecule has 0 amide bonds. The summed E-state index contributed by atoms with van der Waals surface area (Å²) >= 11 is 1.54. The number of aromatic nitrogens is 9. The highest BCUT2D eigenvalue weighted by Crippen LogP contribution is 2.51. The highest BCUT2D eigenvalue weighted by Gasteiger charge is 2.51. The Morgan fingerprint density at radius 2 is 1.72 bits per heavy atom. The molecule has 5 fully saturated rings. The number of likely N-dealkylation sites (N-methyl/N-ethyl adjacent to an activating group) is 2. The number of thiophene rings is 1. The number of aromatic hydroxyl groups is 1. The zero-order chi connectivity index (χ0) is 55.3. The Bertz CT molecular complexity index is 3860. The van der Waals surface area contributed by atoms with Gasteiger partial charge in [0.2, 0.25) is 17.8 Å². The fraction of sp³-hybridized carbons (Fsp3) is 0.492. The average Bonchev–Trinajstić information content (AvgIpc) is 4.50. The van der Waals surface area contributed by atoms with E-state index in [1.54, 1.807) is 29.8 Å². The predicted octanol–water partition coefficient (Wildman–Crippen LogP) is 6.27. The van der Waals surface area contributed by atoms with Crippen molar-refractivity contribution in [2.75, 3.05) is 107 Å². The number of benzene rings is 2. The Morgan fingerprint density at radius 3 is 2.52 bits per heavy atom. The van der Waals surface area contributed by atoms with Crippen LogP contribution in [0.4, 0.5) is 27.1 Å². The quantitative estimate of drug-likeness (QED) is 0.0882. The SMILES string of the molecule is C#Cc1c(F)c(C2CC[C@@]3(COc4nc(N5CC6CCC(C5)N6)nc5c4ncn5CC4CCCc5sc(N)c(C#N)c54)CCCN23)cc2cc(O)cc(Cn3cnc4c5nc(N(C)CCN(C)C)nc(N6CCNCC6)c5cnc43)c12. The molecular weight excluding hydrogens is 1040 g/mol. The second-order valence-electron chi connectivity index (χ2n) is 23.6. The third-order valence-corrected chi connectivity index (χ3v) is 19.4. The van der Waals surface area contributed by atoms with Crippen LogP contribution in [0.5, 0.6) is 11.6 Å². The largest absolute Gasteiger partial charge is 0.508 e. The number of aryl methyl sites for hydroxylation is 1. The molecule has 11 heterocycles. The summed E-state index contributed by atoms with van der Waals surface area (Å²) in [5.41, 5.74) is 12.2. The fourth-order valence-corrected chi connectivity index (χ4v) is 15.4. The lowest BCUT2D eigenvalue weighted by Gasteiger charge is -2.35. The number of imidazole rings is 2. The Labute approximate surface area is 473 Å². The number of nitriles is 1. The first-order chi connectivity index (χ1) is 39.4. The van der Waals surface area contributed by atoms with Crippen LogP contribution in [0.2, 0.25) is 0 Å². The minimum Gasteiger partial charge on any atom is -0.508 e. The number of hydrogen-bond donors (Lipinski definition) is 4. The van der Waals surface area contributed by atoms with E-state index in [1.807, 2.05) is 30.2 Å². The number of anilines is 4. The van der Waals surface area contributed by atoms with E-state index in [-0.39, 0.29) is 29.8 Å². The topological polar surface area (TPSA) is 220 Å². The van der Waals surface area contributed by atoms with Crippen molar-refractivity contribution in [3.8, 4) is 30.0 Å². The first kappa shape index (κ1) is 51.7. The number of ether oxygens (including phenoxy) is 1. The van der Waals surface area contributed by atoms with Gasteiger partial charge in [0.1, 0.15) is 46.1 Å². The molecule has 81 heavy (non-hydrogen) atoms. The van der Waals surface area contributed by atoms with Gasteiger partial charge in [-0.2, -0.15) is 20.2 Å². The Hall–Kier alpha value is -7.47. The first-order valence-electron chi connectivity index (χ1n) is 28.7. The molecule has 2 bridgehead atoms. The van der Waals surface area contributed by atoms with Gasteiger partial charge in [-0.15, -0.1) is 17.8 Å². The molecule has 6 aromatic heterocycles. The summed E-state index contributed by atoms with van der Waals surface area (Å²) in [6.07, 6.45) is 20.1. The maximum atomic E-state index is 17.6. The van der Waals surface area contributed by atoms with E-state index in [4.69, 9.17) is 51.8 Å². The molecule has 14 rings (SSSR count). The highest BCUT2D eigenvalue weighted by atomic mass is 32.1. The zero-order valence-corrected chi connectivity index (χ0v) is 46.9. The molecule has 22 heteroatoms. The number of nitrogens with two attached hydrogens (primary N) is 1. The van der Waals surface area contributed by atoms with Gasteiger partial charge in [0, 0.05) is 112 Å². The van der Waals surface area contributed by atoms with Gasteiger partial charge in [0.25, 0.3) is 0 Å². The van der Waals surface area contributed by atoms with E-state index < -0.39 is 11.4 Å². The number of rotatable bonds is 14. The zero-order valence-electron chi connectivity index (χ0n) is 46.1. The van der Waals surface area contributed by atoms with Gasteiger partial charge in [0.05, 0.1) is 41.3 Å². The smallest absolute Gasteiger partial charge is 0.247 e. The molecule has 0 radical (unpaired) electrons. The average molecular weight is 1110 g/mol. The molecule has 0 saturated carbocycles. The van der Waals surface area contributed by atoms with Crippen LogP contribution in [0.15, 0.2) is 37.1 Å². The van der Waals surface area contributed by atoms with Crippen LogP contribution < -0.4 is 35.8 Å². The number of terminal acetylenes is 1. The molecule has 0 spiro atoms. The molecule has 5 saturated heterocycles. The van der Waals surface area contributed by atoms with E-state index in [2.05, 4.69) is 65.8 Å². The lowest BCUT2D eigenvalue weighted by molar-refractivity contribution is 0.0866. The van der Waals surface area contributed by atoms with Gasteiger partial charge in [-0.1, -0.05) is 5.92 Å². The number of nitrogen functional groups attached to an aromatic ring is 1. The van der Waals surface area contributed by atoms with Crippen molar-refractivity contribution in [3.05, 3.63) is 75.6 Å². The van der Waals surface area contributed by atoms with Crippen LogP contribution in [0, 0.1) is 29.5 Å². The summed E-state index contributed by atoms with van der Waals surface area (Å²) in [7, 11) is 6.11. The third kappa shape index (κ3) is 8.97. The summed E-state index contributed by atoms with van der Waals surface area (Å²) in [6, 6.07) is 8.10. The highest BCUT2D eigenvalue weighted by molar-refractivity contribution is 7.16. The van der Waals surface area contributed by atoms with Gasteiger partial charge in [-0.05, 0) is 113 Å². The molecule has 5 aliphatic heterocycles. The van der Waals surface area contributed by atoms with Crippen LogP contribution in [0.25, 0.3) is 44.0 Å². The number of phenols is 1. The number of fused-ring (bicyclic) bond motifs is 9. The first-order valence-corrected chi connectivity index (χ1v) is 29.5. The van der Waals surface area contributed by atoms with Gasteiger partial charge in [0.15, 0.2) is 16.8 Å². The van der Waals surface area contributed by atoms with Crippen molar-refractivity contribution in [2.24, 2.45) is 0 Å². The van der Waals surface area contributed by atoms with E-state index in [9.17, 15) is 10.4 Å². The van der Waals surface area contributed by atoms with Gasteiger partial charge in [-0.3, -0.25) is 4.90 Å². The van der Waals surface area contributed by atoms with Gasteiger partial charge in [-0.25, -0.2) is 24.3 Å². The maximum absolute atomic E-state index is 17.6. The monoisotopic (exact) mass is 1110 g/mol. The number of phenolic OH excluding ortho intramolecular Hbond substituents is 1. The summed E-state index contributed by atoms with van der Waals surface area (Å²) in [5, 5.41) is 31.4. The summed E-state index contributed by atoms with van der Waals surface area (Å²) in [5.74, 6) is 4.99. The van der Waals surface area contributed by atoms with Crippen molar-refractivity contribution < 1.29 is 14.2 Å². The number of pyridine rings is 1. The number of nitrogens with zero attached hydrogens (tertiary/aromatic N) is 15. The van der Waals surface area contributed by atoms with E-state index in [0.29, 0.717) is 110 Å². The van der Waals surface area contributed by atoms with Crippen LogP contribution in [-0.4, -0.2) is 163 Å². The minimum absolute atomic E-state index is 0.0491. The summed E-state index contributed by atoms with van der Waals surface area (Å²) < 4.78 is 28.6. The second-order valence-corrected chi connectivity index (χ2v) is 24.7. The molecule has 8 aromatic rings. The summed E-state index contributed by atoms with van der Waals surface area (Å²) in [4.78, 5) is 47.9. The minimum atomic E-state index is -0.428. The molecule has 4 unspecified atom stereocenters. The van der Waals surface area contributed by atoms with Crippen LogP contribution in [0.1, 0.15) is 96.0 Å². The third-order valence-electron chi connectivity index (χ3n) is 18.3. The van der Waals surface area contributed by atoms with Crippen LogP contribution in [-0.2, 0) is 19.5 Å². The molecule has 2 aromatic carbocycles. The number of nitrogens with one attached hydrogen (secondary N) is 2. The van der Waals surface area contributed by atoms with Crippen molar-refractivity contribution in [2.45, 2.75) is 100 Å². The van der Waals surface area contributed by atoms with Gasteiger partial charge < -0.3 is 54.9 Å². The van der Waals surface area contributed by atoms with Crippen molar-refractivity contribution in [3.63, 3.8) is 0 Å². The standard InChI is InChI=1S/C59H67FN18O2S/c1-5-40-46-35(22-39(79)23-36(46)28-76-32-65-50-49-43(26-64-54(50)76)53(74-18-15-63-16-19-74)69-57(68-49)73(4)21-20-72(2)3)24-41(48(40)60)44-12-14-59(13-7-17-78(44)59)31-80-56-51-55(70-58(71-56)75-29-37-10-11-38(30-75)67-37)77(33-66-51)27-34-8-6-9-45-47(34)42(25-61)52(62)81-45/h1,22-24,26,32-34,37-38,44,63,67,79H,6-21,27-31,62H2,2-4H3/t34?,37?,38?,44?,59-/m1/s1. The van der Waals surface area contributed by atoms with Gasteiger partial charge >= 0.3 is 0 Å². The van der Waals surface area contributed by atoms with Crippen LogP contribution >= 0.6 is 11.3 Å². The van der Waals surface area contributed by atoms with Crippen molar-refractivity contribution in [1.29, 1.82) is 5.26 Å². The molecule has 1 aliphatic carbocycles.